The molecule has 0 fully saturated rings. The fourth-order valence-corrected chi connectivity index (χ4v) is 3.12. The third-order valence-electron chi connectivity index (χ3n) is 4.92. The van der Waals surface area contributed by atoms with Gasteiger partial charge < -0.3 is 4.90 Å². The summed E-state index contributed by atoms with van der Waals surface area (Å²) in [7, 11) is 2.33. The fourth-order valence-electron chi connectivity index (χ4n) is 3.12. The predicted molar refractivity (Wildman–Crippen MR) is 98.1 cm³/mol. The SMILES string of the molecule is CCCCCCCCC(CCCCCCC)N(C)C(C)C. The summed E-state index contributed by atoms with van der Waals surface area (Å²) in [6.07, 6.45) is 18.4. The van der Waals surface area contributed by atoms with Gasteiger partial charge in [-0.25, -0.2) is 0 Å². The highest BCUT2D eigenvalue weighted by Gasteiger charge is 2.16. The molecule has 0 saturated carbocycles. The molecule has 1 atom stereocenters. The van der Waals surface area contributed by atoms with E-state index in [2.05, 4.69) is 39.6 Å². The molecule has 0 amide bonds. The molecule has 0 aromatic carbocycles. The lowest BCUT2D eigenvalue weighted by Crippen LogP contribution is -2.37. The maximum atomic E-state index is 2.62. The van der Waals surface area contributed by atoms with Gasteiger partial charge in [0.15, 0.2) is 0 Å². The van der Waals surface area contributed by atoms with Crippen molar-refractivity contribution in [3.63, 3.8) is 0 Å². The van der Waals surface area contributed by atoms with Crippen LogP contribution in [0.3, 0.4) is 0 Å². The Morgan fingerprint density at radius 3 is 1.38 bits per heavy atom. The summed E-state index contributed by atoms with van der Waals surface area (Å²) >= 11 is 0. The van der Waals surface area contributed by atoms with Crippen molar-refractivity contribution in [1.29, 1.82) is 0 Å². The van der Waals surface area contributed by atoms with Crippen LogP contribution in [0.4, 0.5) is 0 Å². The van der Waals surface area contributed by atoms with E-state index in [1.165, 1.54) is 83.5 Å². The molecular formula is C20H43N. The van der Waals surface area contributed by atoms with Crippen LogP contribution in [0.5, 0.6) is 0 Å². The van der Waals surface area contributed by atoms with Crippen molar-refractivity contribution >= 4 is 0 Å². The van der Waals surface area contributed by atoms with Gasteiger partial charge in [0.2, 0.25) is 0 Å². The van der Waals surface area contributed by atoms with E-state index in [-0.39, 0.29) is 0 Å². The van der Waals surface area contributed by atoms with Crippen LogP contribution < -0.4 is 0 Å². The minimum absolute atomic E-state index is 0.686. The number of unbranched alkanes of at least 4 members (excludes halogenated alkanes) is 9. The second-order valence-electron chi connectivity index (χ2n) is 7.17. The number of nitrogens with zero attached hydrogens (tertiary/aromatic N) is 1. The van der Waals surface area contributed by atoms with Gasteiger partial charge in [0.05, 0.1) is 0 Å². The van der Waals surface area contributed by atoms with E-state index >= 15 is 0 Å². The van der Waals surface area contributed by atoms with Gasteiger partial charge in [0, 0.05) is 12.1 Å². The van der Waals surface area contributed by atoms with E-state index in [1.807, 2.05) is 0 Å². The lowest BCUT2D eigenvalue weighted by Gasteiger charge is -2.31. The largest absolute Gasteiger partial charge is 0.301 e. The Morgan fingerprint density at radius 2 is 1.00 bits per heavy atom. The molecule has 0 heterocycles. The third-order valence-corrected chi connectivity index (χ3v) is 4.92. The summed E-state index contributed by atoms with van der Waals surface area (Å²) in [6.45, 7) is 9.27. The van der Waals surface area contributed by atoms with Gasteiger partial charge >= 0.3 is 0 Å². The van der Waals surface area contributed by atoms with E-state index in [1.54, 1.807) is 0 Å². The van der Waals surface area contributed by atoms with E-state index in [0.717, 1.165) is 6.04 Å². The summed E-state index contributed by atoms with van der Waals surface area (Å²) in [4.78, 5) is 2.62. The van der Waals surface area contributed by atoms with Crippen molar-refractivity contribution in [2.45, 2.75) is 123 Å². The molecule has 0 aromatic rings. The van der Waals surface area contributed by atoms with Crippen LogP contribution in [0.15, 0.2) is 0 Å². The second kappa shape index (κ2) is 14.9. The Labute approximate surface area is 135 Å². The van der Waals surface area contributed by atoms with Crippen LogP contribution in [0, 0.1) is 0 Å². The van der Waals surface area contributed by atoms with Crippen LogP contribution in [0.2, 0.25) is 0 Å². The van der Waals surface area contributed by atoms with Crippen LogP contribution in [-0.2, 0) is 0 Å². The molecule has 0 bridgehead atoms. The Balaban J connectivity index is 3.86. The first kappa shape index (κ1) is 21.0. The van der Waals surface area contributed by atoms with Crippen LogP contribution in [0.1, 0.15) is 111 Å². The normalized spacial score (nSPS) is 13.3. The van der Waals surface area contributed by atoms with Crippen molar-refractivity contribution in [2.75, 3.05) is 7.05 Å². The summed E-state index contributed by atoms with van der Waals surface area (Å²) in [6, 6.07) is 1.50. The van der Waals surface area contributed by atoms with Gasteiger partial charge in [-0.3, -0.25) is 0 Å². The first-order chi connectivity index (χ1) is 10.1. The molecule has 0 aliphatic heterocycles. The first-order valence-electron chi connectivity index (χ1n) is 9.85. The summed E-state index contributed by atoms with van der Waals surface area (Å²) < 4.78 is 0. The van der Waals surface area contributed by atoms with Gasteiger partial charge in [0.1, 0.15) is 0 Å². The molecule has 0 radical (unpaired) electrons. The minimum Gasteiger partial charge on any atom is -0.301 e. The van der Waals surface area contributed by atoms with Gasteiger partial charge in [-0.2, -0.15) is 0 Å². The molecule has 1 nitrogen and oxygen atoms in total. The Bertz CT molecular complexity index is 200. The van der Waals surface area contributed by atoms with Gasteiger partial charge in [-0.05, 0) is 33.7 Å². The molecule has 0 saturated heterocycles. The van der Waals surface area contributed by atoms with Crippen molar-refractivity contribution in [3.05, 3.63) is 0 Å². The smallest absolute Gasteiger partial charge is 0.00949 e. The van der Waals surface area contributed by atoms with Crippen molar-refractivity contribution in [1.82, 2.24) is 4.90 Å². The monoisotopic (exact) mass is 297 g/mol. The first-order valence-corrected chi connectivity index (χ1v) is 9.85. The molecule has 0 aromatic heterocycles. The Kier molecular flexibility index (Phi) is 14.9. The predicted octanol–water partition coefficient (Wildman–Crippen LogP) is 6.81. The maximum absolute atomic E-state index is 2.62. The minimum atomic E-state index is 0.686. The number of rotatable bonds is 15. The molecule has 1 heteroatoms. The third kappa shape index (κ3) is 12.2. The molecule has 1 unspecified atom stereocenters. The van der Waals surface area contributed by atoms with Gasteiger partial charge in [-0.15, -0.1) is 0 Å². The zero-order valence-corrected chi connectivity index (χ0v) is 15.8. The topological polar surface area (TPSA) is 3.24 Å². The molecule has 0 aliphatic rings. The molecule has 0 rings (SSSR count). The maximum Gasteiger partial charge on any atom is 0.00949 e. The lowest BCUT2D eigenvalue weighted by atomic mass is 9.98. The molecular weight excluding hydrogens is 254 g/mol. The zero-order chi connectivity index (χ0) is 15.9. The van der Waals surface area contributed by atoms with Crippen molar-refractivity contribution < 1.29 is 0 Å². The summed E-state index contributed by atoms with van der Waals surface area (Å²) in [5, 5.41) is 0. The fraction of sp³-hybridized carbons (Fsp3) is 1.00. The molecule has 0 aliphatic carbocycles. The van der Waals surface area contributed by atoms with E-state index in [4.69, 9.17) is 0 Å². The average molecular weight is 298 g/mol. The highest BCUT2D eigenvalue weighted by molar-refractivity contribution is 4.72. The van der Waals surface area contributed by atoms with E-state index in [0.29, 0.717) is 6.04 Å². The average Bonchev–Trinajstić information content (AvgIpc) is 2.47. The number of hydrogen-bond donors (Lipinski definition) is 0. The molecule has 21 heavy (non-hydrogen) atoms. The Morgan fingerprint density at radius 1 is 0.619 bits per heavy atom. The van der Waals surface area contributed by atoms with Crippen LogP contribution in [0.25, 0.3) is 0 Å². The molecule has 0 N–H and O–H groups in total. The quantitative estimate of drug-likeness (QED) is 0.300. The zero-order valence-electron chi connectivity index (χ0n) is 15.8. The van der Waals surface area contributed by atoms with Crippen molar-refractivity contribution in [3.8, 4) is 0 Å². The summed E-state index contributed by atoms with van der Waals surface area (Å²) in [5.74, 6) is 0. The number of hydrogen-bond acceptors (Lipinski definition) is 1. The molecule has 128 valence electrons. The highest BCUT2D eigenvalue weighted by Crippen LogP contribution is 2.19. The van der Waals surface area contributed by atoms with Crippen molar-refractivity contribution in [2.24, 2.45) is 0 Å². The standard InChI is InChI=1S/C20H43N/c1-6-8-10-12-14-16-18-20(21(5)19(3)4)17-15-13-11-9-7-2/h19-20H,6-18H2,1-5H3. The lowest BCUT2D eigenvalue weighted by molar-refractivity contribution is 0.169. The van der Waals surface area contributed by atoms with Gasteiger partial charge in [0.25, 0.3) is 0 Å². The van der Waals surface area contributed by atoms with Gasteiger partial charge in [-0.1, -0.05) is 84.5 Å². The molecule has 0 spiro atoms. The Hall–Kier alpha value is -0.0400. The van der Waals surface area contributed by atoms with E-state index in [9.17, 15) is 0 Å². The highest BCUT2D eigenvalue weighted by atomic mass is 15.1. The van der Waals surface area contributed by atoms with E-state index < -0.39 is 0 Å². The second-order valence-corrected chi connectivity index (χ2v) is 7.17. The van der Waals surface area contributed by atoms with Crippen LogP contribution >= 0.6 is 0 Å². The van der Waals surface area contributed by atoms with Crippen LogP contribution in [-0.4, -0.2) is 24.0 Å². The summed E-state index contributed by atoms with van der Waals surface area (Å²) in [5.41, 5.74) is 0.